The number of ether oxygens (including phenoxy) is 1. The van der Waals surface area contributed by atoms with Crippen LogP contribution in [0.4, 0.5) is 27.5 Å². The van der Waals surface area contributed by atoms with E-state index in [1.54, 1.807) is 34.1 Å². The number of aliphatic carboxylic acids is 1. The van der Waals surface area contributed by atoms with Gasteiger partial charge in [-0.05, 0) is 105 Å². The van der Waals surface area contributed by atoms with E-state index in [0.717, 1.165) is 19.3 Å². The number of fused-ring (bicyclic) bond motifs is 1. The molecule has 0 aromatic heterocycles. The summed E-state index contributed by atoms with van der Waals surface area (Å²) < 4.78 is 5.65. The molecule has 10 nitrogen and oxygen atoms in total. The van der Waals surface area contributed by atoms with Crippen LogP contribution in [0, 0.1) is 23.2 Å². The van der Waals surface area contributed by atoms with Gasteiger partial charge in [0.25, 0.3) is 11.8 Å². The summed E-state index contributed by atoms with van der Waals surface area (Å²) in [5.74, 6) is 0.665. The second-order valence-electron chi connectivity index (χ2n) is 13.7. The van der Waals surface area contributed by atoms with Crippen molar-refractivity contribution in [3.8, 4) is 5.75 Å². The van der Waals surface area contributed by atoms with Crippen molar-refractivity contribution in [3.05, 3.63) is 78.9 Å². The Morgan fingerprint density at radius 1 is 0.830 bits per heavy atom. The lowest BCUT2D eigenvalue weighted by molar-refractivity contribution is -0.137. The Hall–Kier alpha value is -4.86. The van der Waals surface area contributed by atoms with Crippen LogP contribution in [0.2, 0.25) is 0 Å². The Morgan fingerprint density at radius 3 is 2.17 bits per heavy atom. The number of amides is 4. The highest BCUT2D eigenvalue weighted by Crippen LogP contribution is 2.60. The van der Waals surface area contributed by atoms with Crippen LogP contribution in [0.5, 0.6) is 5.75 Å². The van der Waals surface area contributed by atoms with E-state index in [1.165, 1.54) is 19.3 Å². The molecule has 4 fully saturated rings. The van der Waals surface area contributed by atoms with Gasteiger partial charge in [0.1, 0.15) is 5.75 Å². The second kappa shape index (κ2) is 12.7. The molecule has 1 atom stereocenters. The number of nitrogens with zero attached hydrogens (tertiary/aromatic N) is 2. The number of hydrogen-bond donors (Lipinski definition) is 3. The lowest BCUT2D eigenvalue weighted by Gasteiger charge is -2.57. The van der Waals surface area contributed by atoms with Crippen molar-refractivity contribution >= 4 is 46.6 Å². The van der Waals surface area contributed by atoms with Gasteiger partial charge in [-0.15, -0.1) is 0 Å². The van der Waals surface area contributed by atoms with E-state index in [-0.39, 0.29) is 18.4 Å². The van der Waals surface area contributed by atoms with Crippen LogP contribution in [0.3, 0.4) is 0 Å². The van der Waals surface area contributed by atoms with E-state index in [2.05, 4.69) is 10.6 Å². The first-order valence-corrected chi connectivity index (χ1v) is 16.6. The minimum Gasteiger partial charge on any atom is -0.494 e. The first kappa shape index (κ1) is 30.8. The number of carbonyl (C=O) groups excluding carboxylic acids is 3. The van der Waals surface area contributed by atoms with Crippen LogP contribution in [0.1, 0.15) is 51.4 Å². The smallest absolute Gasteiger partial charge is 0.320 e. The quantitative estimate of drug-likeness (QED) is 0.176. The molecule has 1 unspecified atom stereocenters. The van der Waals surface area contributed by atoms with E-state index < -0.39 is 29.9 Å². The maximum Gasteiger partial charge on any atom is 0.320 e. The van der Waals surface area contributed by atoms with Gasteiger partial charge in [-0.25, -0.2) is 4.79 Å². The number of rotatable bonds is 10. The summed E-state index contributed by atoms with van der Waals surface area (Å²) >= 11 is 0. The van der Waals surface area contributed by atoms with Crippen LogP contribution in [-0.2, 0) is 14.4 Å². The van der Waals surface area contributed by atoms with Crippen molar-refractivity contribution in [3.63, 3.8) is 0 Å². The summed E-state index contributed by atoms with van der Waals surface area (Å²) in [6, 6.07) is 21.3. The Balaban J connectivity index is 1.17. The van der Waals surface area contributed by atoms with Gasteiger partial charge in [0.05, 0.1) is 18.0 Å². The molecule has 4 amide bonds. The van der Waals surface area contributed by atoms with E-state index in [4.69, 9.17) is 9.84 Å². The molecule has 8 rings (SSSR count). The first-order chi connectivity index (χ1) is 22.8. The summed E-state index contributed by atoms with van der Waals surface area (Å²) in [4.78, 5) is 56.7. The minimum atomic E-state index is -1.47. The summed E-state index contributed by atoms with van der Waals surface area (Å²) in [5.41, 5.74) is 2.29. The minimum absolute atomic E-state index is 0.000198. The van der Waals surface area contributed by atoms with Gasteiger partial charge >= 0.3 is 12.0 Å². The third kappa shape index (κ3) is 6.41. The average molecular weight is 637 g/mol. The number of hydrogen-bond acceptors (Lipinski definition) is 5. The van der Waals surface area contributed by atoms with Crippen molar-refractivity contribution in [2.75, 3.05) is 28.3 Å². The molecular formula is C37H40N4O6. The SMILES string of the molecule is O=C(O)CCCOc1cccc(NC(=O)NC2C(=O)N(CC34CC5CC(CC(C5)C3)C4)c3ccccc3N(c3ccccc3)C2=O)c1. The number of carbonyl (C=O) groups is 4. The summed E-state index contributed by atoms with van der Waals surface area (Å²) in [6.45, 7) is 0.728. The van der Waals surface area contributed by atoms with Crippen LogP contribution >= 0.6 is 0 Å². The molecule has 0 radical (unpaired) electrons. The lowest BCUT2D eigenvalue weighted by atomic mass is 9.49. The van der Waals surface area contributed by atoms with Crippen LogP contribution in [0.15, 0.2) is 78.9 Å². The number of benzene rings is 3. The van der Waals surface area contributed by atoms with Gasteiger partial charge in [-0.2, -0.15) is 0 Å². The van der Waals surface area contributed by atoms with Gasteiger partial charge in [-0.3, -0.25) is 19.3 Å². The number of anilines is 4. The molecule has 244 valence electrons. The summed E-state index contributed by atoms with van der Waals surface area (Å²) in [7, 11) is 0. The van der Waals surface area contributed by atoms with Crippen molar-refractivity contribution in [1.29, 1.82) is 0 Å². The highest BCUT2D eigenvalue weighted by molar-refractivity contribution is 6.24. The van der Waals surface area contributed by atoms with Crippen LogP contribution in [0.25, 0.3) is 0 Å². The normalized spacial score (nSPS) is 26.0. The molecule has 1 aliphatic heterocycles. The molecule has 10 heteroatoms. The predicted octanol–water partition coefficient (Wildman–Crippen LogP) is 6.35. The monoisotopic (exact) mass is 636 g/mol. The molecule has 5 aliphatic rings. The molecular weight excluding hydrogens is 596 g/mol. The topological polar surface area (TPSA) is 128 Å². The fraction of sp³-hybridized carbons (Fsp3) is 0.405. The zero-order chi connectivity index (χ0) is 32.5. The fourth-order valence-corrected chi connectivity index (χ4v) is 8.83. The number of nitrogens with one attached hydrogen (secondary N) is 2. The maximum absolute atomic E-state index is 14.6. The standard InChI is InChI=1S/C37H40N4O6/c42-32(43)14-7-15-47-29-11-6-8-27(19-29)38-36(46)39-33-34(44)40(23-37-20-24-16-25(21-37)18-26(17-24)22-37)30-12-4-5-13-31(30)41(35(33)45)28-9-2-1-3-10-28/h1-6,8-13,19,24-26,33H,7,14-18,20-23H2,(H,42,43)(H2,38,39,46). The van der Waals surface area contributed by atoms with Gasteiger partial charge in [-0.1, -0.05) is 36.4 Å². The Labute approximate surface area is 274 Å². The van der Waals surface area contributed by atoms with Crippen molar-refractivity contribution in [2.24, 2.45) is 23.2 Å². The summed E-state index contributed by atoms with van der Waals surface area (Å²) in [5, 5.41) is 14.3. The lowest BCUT2D eigenvalue weighted by Crippen LogP contribution is -2.58. The summed E-state index contributed by atoms with van der Waals surface area (Å²) in [6.07, 6.45) is 7.46. The van der Waals surface area contributed by atoms with Crippen LogP contribution in [-0.4, -0.2) is 48.1 Å². The Bertz CT molecular complexity index is 1640. The van der Waals surface area contributed by atoms with Gasteiger partial charge in [0.2, 0.25) is 0 Å². The Kier molecular flexibility index (Phi) is 8.34. The molecule has 3 aromatic carbocycles. The first-order valence-electron chi connectivity index (χ1n) is 16.6. The van der Waals surface area contributed by atoms with Crippen LogP contribution < -0.4 is 25.2 Å². The zero-order valence-electron chi connectivity index (χ0n) is 26.3. The third-order valence-electron chi connectivity index (χ3n) is 10.2. The molecule has 4 saturated carbocycles. The number of carboxylic acid groups (broad SMARTS) is 1. The molecule has 4 aliphatic carbocycles. The average Bonchev–Trinajstić information content (AvgIpc) is 3.12. The zero-order valence-corrected chi connectivity index (χ0v) is 26.3. The highest BCUT2D eigenvalue weighted by Gasteiger charge is 2.53. The predicted molar refractivity (Wildman–Crippen MR) is 178 cm³/mol. The number of carboxylic acids is 1. The molecule has 4 bridgehead atoms. The van der Waals surface area contributed by atoms with Gasteiger partial charge < -0.3 is 25.4 Å². The van der Waals surface area contributed by atoms with Crippen molar-refractivity contribution in [2.45, 2.75) is 57.4 Å². The molecule has 0 saturated heterocycles. The van der Waals surface area contributed by atoms with Crippen molar-refractivity contribution in [1.82, 2.24) is 5.32 Å². The van der Waals surface area contributed by atoms with Gasteiger partial charge in [0, 0.05) is 30.4 Å². The van der Waals surface area contributed by atoms with Crippen molar-refractivity contribution < 1.29 is 29.0 Å². The number of para-hydroxylation sites is 3. The Morgan fingerprint density at radius 2 is 1.49 bits per heavy atom. The molecule has 1 heterocycles. The molecule has 3 aromatic rings. The van der Waals surface area contributed by atoms with E-state index in [9.17, 15) is 19.2 Å². The largest absolute Gasteiger partial charge is 0.494 e. The third-order valence-corrected chi connectivity index (χ3v) is 10.2. The van der Waals surface area contributed by atoms with Gasteiger partial charge in [0.15, 0.2) is 6.04 Å². The van der Waals surface area contributed by atoms with E-state index >= 15 is 0 Å². The molecule has 0 spiro atoms. The molecule has 3 N–H and O–H groups in total. The van der Waals surface area contributed by atoms with E-state index in [1.807, 2.05) is 54.6 Å². The molecule has 47 heavy (non-hydrogen) atoms. The highest BCUT2D eigenvalue weighted by atomic mass is 16.5. The second-order valence-corrected chi connectivity index (χ2v) is 13.7. The van der Waals surface area contributed by atoms with E-state index in [0.29, 0.717) is 59.2 Å². The maximum atomic E-state index is 14.6. The fourth-order valence-electron chi connectivity index (χ4n) is 8.83. The number of urea groups is 1.